The van der Waals surface area contributed by atoms with Crippen LogP contribution in [0.25, 0.3) is 11.1 Å². The Morgan fingerprint density at radius 1 is 1.09 bits per heavy atom. The molecule has 22 heavy (non-hydrogen) atoms. The van der Waals surface area contributed by atoms with Gasteiger partial charge in [-0.15, -0.1) is 0 Å². The average molecular weight is 319 g/mol. The van der Waals surface area contributed by atoms with Gasteiger partial charge in [-0.1, -0.05) is 42.5 Å². The van der Waals surface area contributed by atoms with Gasteiger partial charge in [0.15, 0.2) is 0 Å². The van der Waals surface area contributed by atoms with Gasteiger partial charge in [0, 0.05) is 13.6 Å². The summed E-state index contributed by atoms with van der Waals surface area (Å²) in [6, 6.07) is 14.0. The molecule has 0 fully saturated rings. The molecule has 1 N–H and O–H groups in total. The first kappa shape index (κ1) is 16.2. The molecule has 0 atom stereocenters. The Kier molecular flexibility index (Phi) is 4.63. The second-order valence-corrected chi connectivity index (χ2v) is 7.16. The van der Waals surface area contributed by atoms with Gasteiger partial charge in [0.1, 0.15) is 0 Å². The zero-order chi connectivity index (χ0) is 16.3. The summed E-state index contributed by atoms with van der Waals surface area (Å²) in [4.78, 5) is 11.2. The van der Waals surface area contributed by atoms with Crippen molar-refractivity contribution in [3.05, 3.63) is 59.7 Å². The molecule has 2 aromatic rings. The van der Waals surface area contributed by atoms with E-state index in [0.29, 0.717) is 5.56 Å². The highest BCUT2D eigenvalue weighted by molar-refractivity contribution is 7.88. The maximum absolute atomic E-state index is 11.4. The number of aromatic carboxylic acids is 1. The van der Waals surface area contributed by atoms with Crippen molar-refractivity contribution >= 4 is 16.0 Å². The third kappa shape index (κ3) is 3.72. The number of hydrogen-bond donors (Lipinski definition) is 1. The topological polar surface area (TPSA) is 74.7 Å². The molecule has 0 saturated carbocycles. The molecule has 0 bridgehead atoms. The van der Waals surface area contributed by atoms with E-state index in [4.69, 9.17) is 0 Å². The van der Waals surface area contributed by atoms with E-state index >= 15 is 0 Å². The van der Waals surface area contributed by atoms with E-state index in [0.717, 1.165) is 17.4 Å². The maximum atomic E-state index is 11.4. The maximum Gasteiger partial charge on any atom is 0.336 e. The van der Waals surface area contributed by atoms with Crippen molar-refractivity contribution in [2.24, 2.45) is 0 Å². The van der Waals surface area contributed by atoms with Crippen LogP contribution in [0.1, 0.15) is 15.9 Å². The number of nitrogens with zero attached hydrogens (tertiary/aromatic N) is 1. The molecule has 6 heteroatoms. The molecule has 0 heterocycles. The molecule has 0 radical (unpaired) electrons. The zero-order valence-corrected chi connectivity index (χ0v) is 13.2. The number of hydrogen-bond acceptors (Lipinski definition) is 3. The number of carbonyl (C=O) groups is 1. The minimum atomic E-state index is -3.23. The first-order valence-corrected chi connectivity index (χ1v) is 8.47. The predicted octanol–water partition coefficient (Wildman–Crippen LogP) is 2.44. The number of carboxylic acids is 1. The highest BCUT2D eigenvalue weighted by Gasteiger charge is 2.13. The van der Waals surface area contributed by atoms with Crippen molar-refractivity contribution < 1.29 is 18.3 Å². The largest absolute Gasteiger partial charge is 0.478 e. The Labute approximate surface area is 129 Å². The molecular weight excluding hydrogens is 302 g/mol. The van der Waals surface area contributed by atoms with Crippen molar-refractivity contribution in [3.63, 3.8) is 0 Å². The van der Waals surface area contributed by atoms with E-state index in [1.807, 2.05) is 0 Å². The number of carboxylic acid groups (broad SMARTS) is 1. The predicted molar refractivity (Wildman–Crippen MR) is 85.1 cm³/mol. The summed E-state index contributed by atoms with van der Waals surface area (Å²) >= 11 is 0. The van der Waals surface area contributed by atoms with Gasteiger partial charge < -0.3 is 5.11 Å². The minimum Gasteiger partial charge on any atom is -0.478 e. The van der Waals surface area contributed by atoms with Crippen LogP contribution in [0.4, 0.5) is 0 Å². The van der Waals surface area contributed by atoms with Gasteiger partial charge in [0.2, 0.25) is 10.0 Å². The quantitative estimate of drug-likeness (QED) is 0.918. The molecule has 0 aliphatic heterocycles. The fourth-order valence-corrected chi connectivity index (χ4v) is 2.47. The van der Waals surface area contributed by atoms with Crippen molar-refractivity contribution in [2.45, 2.75) is 6.54 Å². The van der Waals surface area contributed by atoms with Crippen LogP contribution < -0.4 is 0 Å². The third-order valence-corrected chi connectivity index (χ3v) is 4.66. The van der Waals surface area contributed by atoms with Crippen LogP contribution in [-0.2, 0) is 16.6 Å². The number of rotatable bonds is 5. The molecule has 2 aromatic carbocycles. The monoisotopic (exact) mass is 319 g/mol. The van der Waals surface area contributed by atoms with Gasteiger partial charge in [0.25, 0.3) is 0 Å². The van der Waals surface area contributed by atoms with Crippen molar-refractivity contribution in [2.75, 3.05) is 13.3 Å². The third-order valence-electron chi connectivity index (χ3n) is 3.39. The molecule has 0 spiro atoms. The number of benzene rings is 2. The van der Waals surface area contributed by atoms with Gasteiger partial charge in [-0.05, 0) is 22.8 Å². The molecular formula is C16H17NO4S. The lowest BCUT2D eigenvalue weighted by Gasteiger charge is -2.14. The normalized spacial score (nSPS) is 11.6. The zero-order valence-electron chi connectivity index (χ0n) is 12.4. The van der Waals surface area contributed by atoms with Gasteiger partial charge in [-0.25, -0.2) is 17.5 Å². The first-order valence-electron chi connectivity index (χ1n) is 6.62. The summed E-state index contributed by atoms with van der Waals surface area (Å²) in [6.07, 6.45) is 1.16. The highest BCUT2D eigenvalue weighted by atomic mass is 32.2. The van der Waals surface area contributed by atoms with Crippen molar-refractivity contribution in [1.29, 1.82) is 0 Å². The van der Waals surface area contributed by atoms with Crippen LogP contribution in [0.5, 0.6) is 0 Å². The van der Waals surface area contributed by atoms with E-state index in [1.54, 1.807) is 48.5 Å². The lowest BCUT2D eigenvalue weighted by atomic mass is 9.99. The second-order valence-electron chi connectivity index (χ2n) is 5.07. The summed E-state index contributed by atoms with van der Waals surface area (Å²) in [6.45, 7) is 0.277. The molecule has 0 aromatic heterocycles. The molecule has 0 amide bonds. The van der Waals surface area contributed by atoms with Crippen LogP contribution in [0.2, 0.25) is 0 Å². The average Bonchev–Trinajstić information content (AvgIpc) is 2.47. The van der Waals surface area contributed by atoms with E-state index in [9.17, 15) is 18.3 Å². The molecule has 0 aliphatic carbocycles. The molecule has 0 saturated heterocycles. The van der Waals surface area contributed by atoms with Crippen LogP contribution in [0, 0.1) is 0 Å². The smallest absolute Gasteiger partial charge is 0.336 e. The fourth-order valence-electron chi connectivity index (χ4n) is 2.09. The Bertz CT molecular complexity index is 782. The van der Waals surface area contributed by atoms with E-state index in [-0.39, 0.29) is 12.1 Å². The SMILES string of the molecule is CN(Cc1ccc(-c2ccccc2C(=O)O)cc1)S(C)(=O)=O. The van der Waals surface area contributed by atoms with E-state index in [2.05, 4.69) is 0 Å². The second kappa shape index (κ2) is 6.29. The molecule has 0 aliphatic rings. The first-order chi connectivity index (χ1) is 10.3. The summed E-state index contributed by atoms with van der Waals surface area (Å²) < 4.78 is 24.1. The number of sulfonamides is 1. The Balaban J connectivity index is 2.29. The van der Waals surface area contributed by atoms with Crippen LogP contribution >= 0.6 is 0 Å². The minimum absolute atomic E-state index is 0.239. The molecule has 116 valence electrons. The van der Waals surface area contributed by atoms with Gasteiger partial charge in [-0.2, -0.15) is 0 Å². The Morgan fingerprint density at radius 2 is 1.68 bits per heavy atom. The summed E-state index contributed by atoms with van der Waals surface area (Å²) in [5.41, 5.74) is 2.50. The van der Waals surface area contributed by atoms with Gasteiger partial charge >= 0.3 is 5.97 Å². The lowest BCUT2D eigenvalue weighted by Crippen LogP contribution is -2.24. The van der Waals surface area contributed by atoms with Crippen LogP contribution in [-0.4, -0.2) is 37.1 Å². The molecule has 5 nitrogen and oxygen atoms in total. The summed E-state index contributed by atoms with van der Waals surface area (Å²) in [7, 11) is -1.71. The van der Waals surface area contributed by atoms with Crippen LogP contribution in [0.3, 0.4) is 0 Å². The standard InChI is InChI=1S/C16H17NO4S/c1-17(22(2,20)21)11-12-7-9-13(10-8-12)14-5-3-4-6-15(14)16(18)19/h3-10H,11H2,1-2H3,(H,18,19). The van der Waals surface area contributed by atoms with E-state index in [1.165, 1.54) is 11.4 Å². The van der Waals surface area contributed by atoms with Gasteiger partial charge in [-0.3, -0.25) is 0 Å². The van der Waals surface area contributed by atoms with Crippen molar-refractivity contribution in [1.82, 2.24) is 4.31 Å². The summed E-state index contributed by atoms with van der Waals surface area (Å²) in [5, 5.41) is 9.22. The van der Waals surface area contributed by atoms with Gasteiger partial charge in [0.05, 0.1) is 11.8 Å². The molecule has 0 unspecified atom stereocenters. The fraction of sp³-hybridized carbons (Fsp3) is 0.188. The molecule has 2 rings (SSSR count). The Morgan fingerprint density at radius 3 is 2.23 bits per heavy atom. The lowest BCUT2D eigenvalue weighted by molar-refractivity contribution is 0.0697. The highest BCUT2D eigenvalue weighted by Crippen LogP contribution is 2.24. The summed E-state index contributed by atoms with van der Waals surface area (Å²) in [5.74, 6) is -0.975. The van der Waals surface area contributed by atoms with E-state index < -0.39 is 16.0 Å². The van der Waals surface area contributed by atoms with Crippen LogP contribution in [0.15, 0.2) is 48.5 Å². The van der Waals surface area contributed by atoms with Crippen molar-refractivity contribution in [3.8, 4) is 11.1 Å². The Hall–Kier alpha value is -2.18.